The van der Waals surface area contributed by atoms with E-state index < -0.39 is 0 Å². The molecule has 0 amide bonds. The molecule has 18 heavy (non-hydrogen) atoms. The molecule has 1 heteroatoms. The second-order valence-electron chi connectivity index (χ2n) is 5.17. The highest BCUT2D eigenvalue weighted by Gasteiger charge is 2.09. The fourth-order valence-corrected chi connectivity index (χ4v) is 2.23. The second kappa shape index (κ2) is 7.25. The maximum atomic E-state index is 5.69. The van der Waals surface area contributed by atoms with Crippen LogP contribution in [-0.2, 0) is 6.42 Å². The van der Waals surface area contributed by atoms with Gasteiger partial charge in [0.15, 0.2) is 0 Å². The molecule has 0 saturated carbocycles. The Bertz CT molecular complexity index is 391. The van der Waals surface area contributed by atoms with E-state index in [0.717, 1.165) is 18.8 Å². The minimum Gasteiger partial charge on any atom is -0.494 e. The van der Waals surface area contributed by atoms with Gasteiger partial charge in [-0.1, -0.05) is 45.1 Å². The van der Waals surface area contributed by atoms with Crippen LogP contribution in [0.15, 0.2) is 30.4 Å². The van der Waals surface area contributed by atoms with Gasteiger partial charge >= 0.3 is 0 Å². The van der Waals surface area contributed by atoms with Crippen molar-refractivity contribution in [1.82, 2.24) is 0 Å². The smallest absolute Gasteiger partial charge is 0.122 e. The van der Waals surface area contributed by atoms with E-state index in [9.17, 15) is 0 Å². The summed E-state index contributed by atoms with van der Waals surface area (Å²) in [5.41, 5.74) is 2.72. The molecule has 0 aliphatic rings. The van der Waals surface area contributed by atoms with Crippen LogP contribution >= 0.6 is 0 Å². The van der Waals surface area contributed by atoms with Gasteiger partial charge in [-0.15, -0.1) is 0 Å². The van der Waals surface area contributed by atoms with Crippen LogP contribution in [0.5, 0.6) is 5.75 Å². The van der Waals surface area contributed by atoms with E-state index in [2.05, 4.69) is 58.0 Å². The van der Waals surface area contributed by atoms with Crippen molar-refractivity contribution in [3.8, 4) is 5.75 Å². The van der Waals surface area contributed by atoms with Crippen LogP contribution in [0.3, 0.4) is 0 Å². The van der Waals surface area contributed by atoms with Crippen molar-refractivity contribution in [1.29, 1.82) is 0 Å². The van der Waals surface area contributed by atoms with Gasteiger partial charge in [-0.2, -0.15) is 0 Å². The first-order chi connectivity index (χ1) is 8.58. The van der Waals surface area contributed by atoms with E-state index in [0.29, 0.717) is 11.8 Å². The monoisotopic (exact) mass is 246 g/mol. The Balaban J connectivity index is 2.92. The van der Waals surface area contributed by atoms with Gasteiger partial charge in [0.25, 0.3) is 0 Å². The molecule has 0 bridgehead atoms. The lowest BCUT2D eigenvalue weighted by Crippen LogP contribution is -2.01. The van der Waals surface area contributed by atoms with Crippen molar-refractivity contribution in [3.63, 3.8) is 0 Å². The zero-order chi connectivity index (χ0) is 13.5. The fourth-order valence-electron chi connectivity index (χ4n) is 2.23. The zero-order valence-electron chi connectivity index (χ0n) is 12.4. The Morgan fingerprint density at radius 1 is 1.22 bits per heavy atom. The Labute approximate surface area is 112 Å². The lowest BCUT2D eigenvalue weighted by atomic mass is 9.95. The number of benzene rings is 1. The number of rotatable bonds is 6. The van der Waals surface area contributed by atoms with Crippen molar-refractivity contribution >= 4 is 0 Å². The molecule has 1 aromatic rings. The van der Waals surface area contributed by atoms with Crippen molar-refractivity contribution in [2.24, 2.45) is 5.92 Å². The van der Waals surface area contributed by atoms with Gasteiger partial charge in [0, 0.05) is 0 Å². The first kappa shape index (κ1) is 14.8. The Kier molecular flexibility index (Phi) is 5.97. The molecule has 1 unspecified atom stereocenters. The third kappa shape index (κ3) is 4.21. The molecule has 0 saturated heterocycles. The highest BCUT2D eigenvalue weighted by molar-refractivity contribution is 5.39. The van der Waals surface area contributed by atoms with Crippen LogP contribution in [0.25, 0.3) is 0 Å². The van der Waals surface area contributed by atoms with Gasteiger partial charge in [0.1, 0.15) is 5.75 Å². The highest BCUT2D eigenvalue weighted by Crippen LogP contribution is 2.28. The summed E-state index contributed by atoms with van der Waals surface area (Å²) in [4.78, 5) is 0. The third-order valence-corrected chi connectivity index (χ3v) is 3.07. The van der Waals surface area contributed by atoms with Crippen LogP contribution in [-0.4, -0.2) is 6.61 Å². The lowest BCUT2D eigenvalue weighted by Gasteiger charge is -2.15. The lowest BCUT2D eigenvalue weighted by molar-refractivity contribution is 0.335. The van der Waals surface area contributed by atoms with E-state index >= 15 is 0 Å². The SMILES string of the molecule is C/C=C\C(C)Cc1ccc(OCC)c(C(C)C)c1. The maximum absolute atomic E-state index is 5.69. The van der Waals surface area contributed by atoms with Crippen LogP contribution < -0.4 is 4.74 Å². The van der Waals surface area contributed by atoms with E-state index in [4.69, 9.17) is 4.74 Å². The van der Waals surface area contributed by atoms with E-state index in [1.165, 1.54) is 11.1 Å². The molecule has 1 atom stereocenters. The van der Waals surface area contributed by atoms with Gasteiger partial charge in [-0.25, -0.2) is 0 Å². The molecule has 0 fully saturated rings. The molecule has 100 valence electrons. The third-order valence-electron chi connectivity index (χ3n) is 3.07. The average Bonchev–Trinajstić information content (AvgIpc) is 2.31. The predicted molar refractivity (Wildman–Crippen MR) is 79.4 cm³/mol. The van der Waals surface area contributed by atoms with E-state index in [1.54, 1.807) is 0 Å². The van der Waals surface area contributed by atoms with Crippen molar-refractivity contribution in [3.05, 3.63) is 41.5 Å². The first-order valence-electron chi connectivity index (χ1n) is 6.96. The summed E-state index contributed by atoms with van der Waals surface area (Å²) in [6.07, 6.45) is 5.48. The van der Waals surface area contributed by atoms with Gasteiger partial charge < -0.3 is 4.74 Å². The summed E-state index contributed by atoms with van der Waals surface area (Å²) in [6, 6.07) is 6.61. The maximum Gasteiger partial charge on any atom is 0.122 e. The topological polar surface area (TPSA) is 9.23 Å². The average molecular weight is 246 g/mol. The molecule has 0 N–H and O–H groups in total. The zero-order valence-corrected chi connectivity index (χ0v) is 12.4. The minimum absolute atomic E-state index is 0.503. The molecule has 0 aromatic heterocycles. The summed E-state index contributed by atoms with van der Waals surface area (Å²) in [7, 11) is 0. The number of ether oxygens (including phenoxy) is 1. The van der Waals surface area contributed by atoms with Gasteiger partial charge in [-0.05, 0) is 49.3 Å². The summed E-state index contributed by atoms with van der Waals surface area (Å²) < 4.78 is 5.69. The number of hydrogen-bond donors (Lipinski definition) is 0. The van der Waals surface area contributed by atoms with Crippen molar-refractivity contribution < 1.29 is 4.74 Å². The summed E-state index contributed by atoms with van der Waals surface area (Å²) in [5, 5.41) is 0. The van der Waals surface area contributed by atoms with E-state index in [1.807, 2.05) is 6.92 Å². The van der Waals surface area contributed by atoms with Crippen LogP contribution in [0, 0.1) is 5.92 Å². The van der Waals surface area contributed by atoms with Crippen molar-refractivity contribution in [2.45, 2.75) is 47.0 Å². The Morgan fingerprint density at radius 3 is 2.50 bits per heavy atom. The van der Waals surface area contributed by atoms with Crippen molar-refractivity contribution in [2.75, 3.05) is 6.61 Å². The molecule has 0 heterocycles. The highest BCUT2D eigenvalue weighted by atomic mass is 16.5. The molecule has 0 aliphatic heterocycles. The molecular weight excluding hydrogens is 220 g/mol. The molecule has 0 radical (unpaired) electrons. The molecule has 1 nitrogen and oxygen atoms in total. The number of hydrogen-bond acceptors (Lipinski definition) is 1. The largest absolute Gasteiger partial charge is 0.494 e. The predicted octanol–water partition coefficient (Wildman–Crippen LogP) is 4.96. The quantitative estimate of drug-likeness (QED) is 0.644. The summed E-state index contributed by atoms with van der Waals surface area (Å²) >= 11 is 0. The molecule has 0 aliphatic carbocycles. The van der Waals surface area contributed by atoms with Gasteiger partial charge in [-0.3, -0.25) is 0 Å². The fraction of sp³-hybridized carbons (Fsp3) is 0.529. The molecular formula is C17H26O. The summed E-state index contributed by atoms with van der Waals surface area (Å²) in [6.45, 7) is 11.5. The summed E-state index contributed by atoms with van der Waals surface area (Å²) in [5.74, 6) is 2.13. The first-order valence-corrected chi connectivity index (χ1v) is 6.96. The molecule has 1 aromatic carbocycles. The number of allylic oxidation sites excluding steroid dienone is 2. The second-order valence-corrected chi connectivity index (χ2v) is 5.17. The standard InChI is InChI=1S/C17H26O/c1-6-8-14(5)11-15-9-10-17(18-7-2)16(12-15)13(3)4/h6,8-10,12-14H,7,11H2,1-5H3/b8-6-. The molecule has 1 rings (SSSR count). The van der Waals surface area contributed by atoms with Crippen LogP contribution in [0.2, 0.25) is 0 Å². The van der Waals surface area contributed by atoms with Gasteiger partial charge in [0.05, 0.1) is 6.61 Å². The van der Waals surface area contributed by atoms with E-state index in [-0.39, 0.29) is 0 Å². The Hall–Kier alpha value is -1.24. The van der Waals surface area contributed by atoms with Crippen LogP contribution in [0.1, 0.15) is 51.7 Å². The molecule has 0 spiro atoms. The van der Waals surface area contributed by atoms with Gasteiger partial charge in [0.2, 0.25) is 0 Å². The minimum atomic E-state index is 0.503. The van der Waals surface area contributed by atoms with Crippen LogP contribution in [0.4, 0.5) is 0 Å². The Morgan fingerprint density at radius 2 is 1.94 bits per heavy atom. The normalized spacial score (nSPS) is 13.2.